The fourth-order valence-electron chi connectivity index (χ4n) is 2.44. The van der Waals surface area contributed by atoms with Crippen LogP contribution >= 0.6 is 0 Å². The van der Waals surface area contributed by atoms with Crippen molar-refractivity contribution < 1.29 is 9.59 Å². The summed E-state index contributed by atoms with van der Waals surface area (Å²) in [6.45, 7) is 2.04. The largest absolute Gasteiger partial charge is 0.290 e. The molecule has 0 atom stereocenters. The Balaban J connectivity index is 1.91. The normalized spacial score (nSPS) is 23.8. The number of nitrogens with zero attached hydrogens (tertiary/aromatic N) is 3. The van der Waals surface area contributed by atoms with Gasteiger partial charge in [0.05, 0.1) is 12.6 Å². The second-order valence-electron chi connectivity index (χ2n) is 4.32. The van der Waals surface area contributed by atoms with Crippen molar-refractivity contribution in [1.29, 1.82) is 5.26 Å². The van der Waals surface area contributed by atoms with Crippen molar-refractivity contribution >= 4 is 11.8 Å². The molecule has 2 rings (SSSR count). The highest BCUT2D eigenvalue weighted by Crippen LogP contribution is 2.22. The Hall–Kier alpha value is -1.41. The first kappa shape index (κ1) is 11.1. The maximum absolute atomic E-state index is 11.5. The van der Waals surface area contributed by atoms with Gasteiger partial charge in [0.2, 0.25) is 11.8 Å². The van der Waals surface area contributed by atoms with Crippen molar-refractivity contribution in [2.24, 2.45) is 0 Å². The summed E-state index contributed by atoms with van der Waals surface area (Å²) in [5.74, 6) is -0.0486. The number of rotatable bonds is 2. The Morgan fingerprint density at radius 2 is 1.75 bits per heavy atom. The second-order valence-corrected chi connectivity index (χ2v) is 4.32. The fourth-order valence-corrected chi connectivity index (χ4v) is 2.44. The van der Waals surface area contributed by atoms with Crippen LogP contribution in [-0.2, 0) is 9.59 Å². The minimum absolute atomic E-state index is 0.0243. The molecule has 0 saturated carbocycles. The summed E-state index contributed by atoms with van der Waals surface area (Å²) in [5, 5.41) is 8.57. The molecular weight excluding hydrogens is 206 g/mol. The molecule has 2 aliphatic heterocycles. The Labute approximate surface area is 94.6 Å². The van der Waals surface area contributed by atoms with Gasteiger partial charge in [0.25, 0.3) is 0 Å². The summed E-state index contributed by atoms with van der Waals surface area (Å²) < 4.78 is 0. The van der Waals surface area contributed by atoms with E-state index in [0.717, 1.165) is 25.9 Å². The van der Waals surface area contributed by atoms with Gasteiger partial charge in [-0.3, -0.25) is 19.4 Å². The molecule has 5 heteroatoms. The number of carbonyl (C=O) groups excluding carboxylic acids is 2. The first-order valence-corrected chi connectivity index (χ1v) is 5.66. The molecule has 0 aliphatic carbocycles. The number of carbonyl (C=O) groups is 2. The lowest BCUT2D eigenvalue weighted by molar-refractivity contribution is -0.142. The molecule has 2 fully saturated rings. The van der Waals surface area contributed by atoms with Crippen molar-refractivity contribution in [3.8, 4) is 6.07 Å². The average molecular weight is 221 g/mol. The highest BCUT2D eigenvalue weighted by molar-refractivity contribution is 6.02. The van der Waals surface area contributed by atoms with Crippen LogP contribution in [-0.4, -0.2) is 47.3 Å². The number of hydrogen-bond acceptors (Lipinski definition) is 4. The summed E-state index contributed by atoms with van der Waals surface area (Å²) in [4.78, 5) is 26.6. The van der Waals surface area contributed by atoms with Crippen LogP contribution in [0.3, 0.4) is 0 Å². The lowest BCUT2D eigenvalue weighted by Gasteiger charge is -2.34. The molecule has 0 spiro atoms. The predicted molar refractivity (Wildman–Crippen MR) is 56.2 cm³/mol. The molecule has 0 bridgehead atoms. The van der Waals surface area contributed by atoms with Crippen LogP contribution in [0.15, 0.2) is 0 Å². The zero-order valence-corrected chi connectivity index (χ0v) is 9.19. The fraction of sp³-hybridized carbons (Fsp3) is 0.727. The first-order chi connectivity index (χ1) is 7.72. The van der Waals surface area contributed by atoms with Crippen LogP contribution in [0.25, 0.3) is 0 Å². The van der Waals surface area contributed by atoms with Gasteiger partial charge in [-0.1, -0.05) is 0 Å². The Kier molecular flexibility index (Phi) is 3.20. The number of likely N-dealkylation sites (tertiary alicyclic amines) is 2. The van der Waals surface area contributed by atoms with Crippen molar-refractivity contribution in [2.45, 2.75) is 31.7 Å². The zero-order chi connectivity index (χ0) is 11.5. The maximum Gasteiger partial charge on any atom is 0.229 e. The van der Waals surface area contributed by atoms with Gasteiger partial charge in [-0.25, -0.2) is 0 Å². The standard InChI is InChI=1S/C11H15N3O2/c12-5-8-13-6-3-9(4-7-13)14-10(15)1-2-11(14)16/h9H,1-4,6-8H2. The number of hydrogen-bond donors (Lipinski definition) is 0. The minimum atomic E-state index is -0.0243. The number of amides is 2. The van der Waals surface area contributed by atoms with E-state index >= 15 is 0 Å². The molecule has 2 aliphatic rings. The lowest BCUT2D eigenvalue weighted by Crippen LogP contribution is -2.47. The summed E-state index contributed by atoms with van der Waals surface area (Å²) in [5.41, 5.74) is 0. The molecule has 86 valence electrons. The van der Waals surface area contributed by atoms with Crippen LogP contribution in [0.4, 0.5) is 0 Å². The highest BCUT2D eigenvalue weighted by Gasteiger charge is 2.36. The van der Waals surface area contributed by atoms with E-state index in [4.69, 9.17) is 5.26 Å². The van der Waals surface area contributed by atoms with E-state index in [1.54, 1.807) is 0 Å². The molecule has 0 unspecified atom stereocenters. The Morgan fingerprint density at radius 3 is 2.25 bits per heavy atom. The quantitative estimate of drug-likeness (QED) is 0.491. The van der Waals surface area contributed by atoms with Gasteiger partial charge in [-0.05, 0) is 12.8 Å². The van der Waals surface area contributed by atoms with E-state index in [1.807, 2.05) is 0 Å². The van der Waals surface area contributed by atoms with Gasteiger partial charge in [0, 0.05) is 32.0 Å². The van der Waals surface area contributed by atoms with Gasteiger partial charge >= 0.3 is 0 Å². The van der Waals surface area contributed by atoms with Gasteiger partial charge in [-0.2, -0.15) is 5.26 Å². The molecular formula is C11H15N3O2. The van der Waals surface area contributed by atoms with E-state index in [1.165, 1.54) is 4.90 Å². The third-order valence-corrected chi connectivity index (χ3v) is 3.31. The van der Waals surface area contributed by atoms with Crippen LogP contribution in [0.1, 0.15) is 25.7 Å². The van der Waals surface area contributed by atoms with Crippen LogP contribution < -0.4 is 0 Å². The van der Waals surface area contributed by atoms with E-state index in [9.17, 15) is 9.59 Å². The number of nitriles is 1. The molecule has 16 heavy (non-hydrogen) atoms. The van der Waals surface area contributed by atoms with Crippen LogP contribution in [0.2, 0.25) is 0 Å². The maximum atomic E-state index is 11.5. The summed E-state index contributed by atoms with van der Waals surface area (Å²) in [7, 11) is 0. The van der Waals surface area contributed by atoms with Crippen molar-refractivity contribution in [2.75, 3.05) is 19.6 Å². The molecule has 0 aromatic rings. The zero-order valence-electron chi connectivity index (χ0n) is 9.19. The van der Waals surface area contributed by atoms with Gasteiger partial charge in [0.15, 0.2) is 0 Å². The molecule has 0 N–H and O–H groups in total. The van der Waals surface area contributed by atoms with Crippen LogP contribution in [0.5, 0.6) is 0 Å². The summed E-state index contributed by atoms with van der Waals surface area (Å²) >= 11 is 0. The van der Waals surface area contributed by atoms with Gasteiger partial charge in [-0.15, -0.1) is 0 Å². The smallest absolute Gasteiger partial charge is 0.229 e. The molecule has 2 heterocycles. The van der Waals surface area contributed by atoms with Crippen LogP contribution in [0, 0.1) is 11.3 Å². The molecule has 0 radical (unpaired) electrons. The molecule has 0 aromatic carbocycles. The number of imide groups is 1. The first-order valence-electron chi connectivity index (χ1n) is 5.66. The van der Waals surface area contributed by atoms with Crippen molar-refractivity contribution in [3.63, 3.8) is 0 Å². The van der Waals surface area contributed by atoms with Gasteiger partial charge in [0.1, 0.15) is 0 Å². The highest BCUT2D eigenvalue weighted by atomic mass is 16.2. The number of piperidine rings is 1. The van der Waals surface area contributed by atoms with E-state index in [0.29, 0.717) is 19.4 Å². The Morgan fingerprint density at radius 1 is 1.19 bits per heavy atom. The topological polar surface area (TPSA) is 64.4 Å². The van der Waals surface area contributed by atoms with Crippen molar-refractivity contribution in [3.05, 3.63) is 0 Å². The summed E-state index contributed by atoms with van der Waals surface area (Å²) in [6.07, 6.45) is 2.35. The third kappa shape index (κ3) is 2.07. The SMILES string of the molecule is N#CCN1CCC(N2C(=O)CCC2=O)CC1. The monoisotopic (exact) mass is 221 g/mol. The minimum Gasteiger partial charge on any atom is -0.290 e. The molecule has 0 aromatic heterocycles. The second kappa shape index (κ2) is 4.62. The van der Waals surface area contributed by atoms with E-state index in [-0.39, 0.29) is 17.9 Å². The third-order valence-electron chi connectivity index (χ3n) is 3.31. The molecule has 5 nitrogen and oxygen atoms in total. The average Bonchev–Trinajstić information content (AvgIpc) is 2.61. The predicted octanol–water partition coefficient (Wildman–Crippen LogP) is 0.123. The van der Waals surface area contributed by atoms with Gasteiger partial charge < -0.3 is 0 Å². The summed E-state index contributed by atoms with van der Waals surface area (Å²) in [6, 6.07) is 2.18. The Bertz CT molecular complexity index is 324. The lowest BCUT2D eigenvalue weighted by atomic mass is 10.0. The molecule has 2 saturated heterocycles. The van der Waals surface area contributed by atoms with Crippen molar-refractivity contribution in [1.82, 2.24) is 9.80 Å². The molecule has 2 amide bonds. The van der Waals surface area contributed by atoms with E-state index in [2.05, 4.69) is 11.0 Å². The van der Waals surface area contributed by atoms with E-state index < -0.39 is 0 Å².